The summed E-state index contributed by atoms with van der Waals surface area (Å²) in [6.07, 6.45) is 0.809. The molecule has 0 radical (unpaired) electrons. The van der Waals surface area contributed by atoms with Crippen LogP contribution < -0.4 is 4.74 Å². The lowest BCUT2D eigenvalue weighted by Crippen LogP contribution is -1.84. The number of hydrogen-bond donors (Lipinski definition) is 0. The molecule has 2 aromatic carbocycles. The van der Waals surface area contributed by atoms with Gasteiger partial charge in [0.2, 0.25) is 0 Å². The molecule has 3 heteroatoms. The van der Waals surface area contributed by atoms with E-state index in [1.54, 1.807) is 24.3 Å². The quantitative estimate of drug-likeness (QED) is 0.791. The summed E-state index contributed by atoms with van der Waals surface area (Å²) in [5, 5.41) is 0. The summed E-state index contributed by atoms with van der Waals surface area (Å²) in [4.78, 5) is 10.5. The summed E-state index contributed by atoms with van der Waals surface area (Å²) in [6.45, 7) is 0. The molecule has 0 spiro atoms. The summed E-state index contributed by atoms with van der Waals surface area (Å²) in [6, 6.07) is 14.6. The van der Waals surface area contributed by atoms with Gasteiger partial charge < -0.3 is 4.74 Å². The van der Waals surface area contributed by atoms with Gasteiger partial charge in [0, 0.05) is 10.0 Å². The lowest BCUT2D eigenvalue weighted by Gasteiger charge is -2.05. The molecule has 2 nitrogen and oxygen atoms in total. The number of hydrogen-bond acceptors (Lipinski definition) is 2. The molecule has 0 aliphatic heterocycles. The Bertz CT molecular complexity index is 474. The van der Waals surface area contributed by atoms with E-state index in [-0.39, 0.29) is 0 Å². The van der Waals surface area contributed by atoms with Crippen molar-refractivity contribution < 1.29 is 9.53 Å². The Labute approximate surface area is 102 Å². The van der Waals surface area contributed by atoms with Crippen LogP contribution in [0, 0.1) is 0 Å². The average Bonchev–Trinajstić information content (AvgIpc) is 2.33. The van der Waals surface area contributed by atoms with Crippen molar-refractivity contribution in [2.75, 3.05) is 0 Å². The maximum Gasteiger partial charge on any atom is 0.150 e. The Morgan fingerprint density at radius 2 is 1.38 bits per heavy atom. The number of aldehydes is 1. The van der Waals surface area contributed by atoms with Crippen molar-refractivity contribution in [3.8, 4) is 11.5 Å². The smallest absolute Gasteiger partial charge is 0.150 e. The molecule has 0 atom stereocenters. The highest BCUT2D eigenvalue weighted by atomic mass is 79.9. The van der Waals surface area contributed by atoms with Gasteiger partial charge in [-0.1, -0.05) is 15.9 Å². The monoisotopic (exact) mass is 276 g/mol. The fourth-order valence-electron chi connectivity index (χ4n) is 1.25. The number of benzene rings is 2. The van der Waals surface area contributed by atoms with Crippen LogP contribution in [0.1, 0.15) is 10.4 Å². The third kappa shape index (κ3) is 2.70. The largest absolute Gasteiger partial charge is 0.457 e. The molecule has 2 rings (SSSR count). The zero-order valence-corrected chi connectivity index (χ0v) is 9.98. The van der Waals surface area contributed by atoms with Gasteiger partial charge >= 0.3 is 0 Å². The third-order valence-corrected chi connectivity index (χ3v) is 2.59. The Balaban J connectivity index is 2.14. The molecule has 0 bridgehead atoms. The summed E-state index contributed by atoms with van der Waals surface area (Å²) in [5.41, 5.74) is 0.642. The van der Waals surface area contributed by atoms with E-state index in [1.807, 2.05) is 24.3 Å². The van der Waals surface area contributed by atoms with Gasteiger partial charge in [-0.05, 0) is 48.5 Å². The first-order chi connectivity index (χ1) is 7.78. The van der Waals surface area contributed by atoms with Crippen LogP contribution in [0.2, 0.25) is 0 Å². The zero-order chi connectivity index (χ0) is 11.4. The van der Waals surface area contributed by atoms with Gasteiger partial charge in [0.15, 0.2) is 0 Å². The Kier molecular flexibility index (Phi) is 3.37. The lowest BCUT2D eigenvalue weighted by molar-refractivity contribution is 0.112. The summed E-state index contributed by atoms with van der Waals surface area (Å²) < 4.78 is 6.61. The summed E-state index contributed by atoms with van der Waals surface area (Å²) in [7, 11) is 0. The molecule has 0 fully saturated rings. The maximum atomic E-state index is 10.5. The fraction of sp³-hybridized carbons (Fsp3) is 0. The molecule has 0 aliphatic rings. The summed E-state index contributed by atoms with van der Waals surface area (Å²) >= 11 is 3.36. The average molecular weight is 277 g/mol. The van der Waals surface area contributed by atoms with E-state index in [4.69, 9.17) is 4.74 Å². The van der Waals surface area contributed by atoms with Gasteiger partial charge in [-0.15, -0.1) is 0 Å². The number of carbonyl (C=O) groups excluding carboxylic acids is 1. The van der Waals surface area contributed by atoms with Gasteiger partial charge in [-0.2, -0.15) is 0 Å². The molecule has 0 heterocycles. The van der Waals surface area contributed by atoms with E-state index in [0.717, 1.165) is 16.5 Å². The van der Waals surface area contributed by atoms with E-state index in [0.29, 0.717) is 11.3 Å². The van der Waals surface area contributed by atoms with Gasteiger partial charge in [-0.25, -0.2) is 0 Å². The summed E-state index contributed by atoms with van der Waals surface area (Å²) in [5.74, 6) is 1.48. The number of carbonyl (C=O) groups is 1. The van der Waals surface area contributed by atoms with Crippen LogP contribution >= 0.6 is 15.9 Å². The second-order valence-corrected chi connectivity index (χ2v) is 4.16. The van der Waals surface area contributed by atoms with Crippen LogP contribution in [0.25, 0.3) is 0 Å². The molecule has 0 saturated carbocycles. The maximum absolute atomic E-state index is 10.5. The van der Waals surface area contributed by atoms with Crippen molar-refractivity contribution in [1.29, 1.82) is 0 Å². The molecule has 0 unspecified atom stereocenters. The Hall–Kier alpha value is -1.61. The molecule has 16 heavy (non-hydrogen) atoms. The van der Waals surface area contributed by atoms with Crippen molar-refractivity contribution in [3.05, 3.63) is 58.6 Å². The van der Waals surface area contributed by atoms with Crippen LogP contribution in [0.3, 0.4) is 0 Å². The highest BCUT2D eigenvalue weighted by Crippen LogP contribution is 2.23. The van der Waals surface area contributed by atoms with Crippen LogP contribution in [-0.4, -0.2) is 6.29 Å². The van der Waals surface area contributed by atoms with Crippen molar-refractivity contribution in [1.82, 2.24) is 0 Å². The molecule has 0 aromatic heterocycles. The molecule has 0 amide bonds. The Morgan fingerprint density at radius 3 is 1.88 bits per heavy atom. The second kappa shape index (κ2) is 4.94. The third-order valence-electron chi connectivity index (χ3n) is 2.07. The van der Waals surface area contributed by atoms with E-state index in [1.165, 1.54) is 0 Å². The van der Waals surface area contributed by atoms with Gasteiger partial charge in [0.05, 0.1) is 0 Å². The van der Waals surface area contributed by atoms with Crippen molar-refractivity contribution >= 4 is 22.2 Å². The van der Waals surface area contributed by atoms with Crippen molar-refractivity contribution in [2.24, 2.45) is 0 Å². The Morgan fingerprint density at radius 1 is 0.875 bits per heavy atom. The van der Waals surface area contributed by atoms with Crippen molar-refractivity contribution in [2.45, 2.75) is 0 Å². The topological polar surface area (TPSA) is 26.3 Å². The SMILES string of the molecule is O=Cc1ccc(Oc2ccc(Br)cc2)cc1. The minimum atomic E-state index is 0.642. The minimum absolute atomic E-state index is 0.642. The van der Waals surface area contributed by atoms with Gasteiger partial charge in [-0.3, -0.25) is 4.79 Å². The predicted octanol–water partition coefficient (Wildman–Crippen LogP) is 4.05. The van der Waals surface area contributed by atoms with Crippen LogP contribution in [0.15, 0.2) is 53.0 Å². The van der Waals surface area contributed by atoms with Crippen LogP contribution in [-0.2, 0) is 0 Å². The first kappa shape index (κ1) is 10.9. The molecule has 0 aliphatic carbocycles. The van der Waals surface area contributed by atoms with E-state index < -0.39 is 0 Å². The number of ether oxygens (including phenoxy) is 1. The van der Waals surface area contributed by atoms with Gasteiger partial charge in [0.25, 0.3) is 0 Å². The van der Waals surface area contributed by atoms with E-state index in [2.05, 4.69) is 15.9 Å². The standard InChI is InChI=1S/C13H9BrO2/c14-11-3-7-13(8-4-11)16-12-5-1-10(9-15)2-6-12/h1-9H. The van der Waals surface area contributed by atoms with E-state index in [9.17, 15) is 4.79 Å². The molecule has 0 N–H and O–H groups in total. The number of rotatable bonds is 3. The first-order valence-corrected chi connectivity index (χ1v) is 5.56. The van der Waals surface area contributed by atoms with Crippen LogP contribution in [0.4, 0.5) is 0 Å². The lowest BCUT2D eigenvalue weighted by atomic mass is 10.2. The molecule has 80 valence electrons. The molecule has 0 saturated heterocycles. The van der Waals surface area contributed by atoms with Crippen molar-refractivity contribution in [3.63, 3.8) is 0 Å². The number of halogens is 1. The highest BCUT2D eigenvalue weighted by Gasteiger charge is 1.97. The molecular formula is C13H9BrO2. The van der Waals surface area contributed by atoms with Gasteiger partial charge in [0.1, 0.15) is 17.8 Å². The van der Waals surface area contributed by atoms with Crippen LogP contribution in [0.5, 0.6) is 11.5 Å². The minimum Gasteiger partial charge on any atom is -0.457 e. The molecule has 2 aromatic rings. The highest BCUT2D eigenvalue weighted by molar-refractivity contribution is 9.10. The zero-order valence-electron chi connectivity index (χ0n) is 8.39. The second-order valence-electron chi connectivity index (χ2n) is 3.24. The fourth-order valence-corrected chi connectivity index (χ4v) is 1.52. The first-order valence-electron chi connectivity index (χ1n) is 4.76. The predicted molar refractivity (Wildman–Crippen MR) is 66.0 cm³/mol. The van der Waals surface area contributed by atoms with E-state index >= 15 is 0 Å². The molecular weight excluding hydrogens is 268 g/mol. The normalized spacial score (nSPS) is 9.81.